The van der Waals surface area contributed by atoms with E-state index in [0.29, 0.717) is 29.4 Å². The Bertz CT molecular complexity index is 571. The van der Waals surface area contributed by atoms with E-state index < -0.39 is 23.5 Å². The Morgan fingerprint density at radius 1 is 1.50 bits per heavy atom. The Hall–Kier alpha value is -1.08. The van der Waals surface area contributed by atoms with Crippen molar-refractivity contribution < 1.29 is 23.1 Å². The Kier molecular flexibility index (Phi) is 3.97. The van der Waals surface area contributed by atoms with E-state index in [1.54, 1.807) is 30.8 Å². The summed E-state index contributed by atoms with van der Waals surface area (Å²) in [4.78, 5) is 13.6. The molecule has 4 nitrogen and oxygen atoms in total. The van der Waals surface area contributed by atoms with Gasteiger partial charge in [-0.3, -0.25) is 4.79 Å². The molecule has 1 saturated heterocycles. The minimum absolute atomic E-state index is 0.0289. The first-order valence-electron chi connectivity index (χ1n) is 7.40. The lowest BCUT2D eigenvalue weighted by molar-refractivity contribution is -0.224. The molecule has 3 rings (SSSR count). The molecule has 22 heavy (non-hydrogen) atoms. The molecule has 1 aromatic heterocycles. The Balaban J connectivity index is 1.85. The molecule has 0 bridgehead atoms. The van der Waals surface area contributed by atoms with Crippen LogP contribution in [0.15, 0.2) is 16.5 Å². The number of aliphatic hydroxyl groups is 1. The maximum Gasteiger partial charge on any atom is 0.352 e. The zero-order chi connectivity index (χ0) is 16.0. The van der Waals surface area contributed by atoms with Crippen LogP contribution < -0.4 is 0 Å². The molecule has 0 radical (unpaired) electrons. The van der Waals surface area contributed by atoms with E-state index in [4.69, 9.17) is 4.42 Å². The van der Waals surface area contributed by atoms with Crippen LogP contribution in [0.4, 0.5) is 8.78 Å². The lowest BCUT2D eigenvalue weighted by Crippen LogP contribution is -2.62. The van der Waals surface area contributed by atoms with Gasteiger partial charge in [0.25, 0.3) is 5.91 Å². The van der Waals surface area contributed by atoms with Crippen molar-refractivity contribution in [3.63, 3.8) is 0 Å². The molecule has 1 saturated carbocycles. The van der Waals surface area contributed by atoms with Crippen LogP contribution in [0.3, 0.4) is 0 Å². The standard InChI is InChI=1S/C15H19F2NO3S/c1-10-3-4-12(21-10)11-9-22-8-7-18(11)13(19)15(16,17)14(20)5-2-6-14/h3-4,11,20H,2,5-9H2,1H3. The van der Waals surface area contributed by atoms with Gasteiger partial charge in [0.15, 0.2) is 0 Å². The summed E-state index contributed by atoms with van der Waals surface area (Å²) in [6.45, 7) is 2.01. The monoisotopic (exact) mass is 331 g/mol. The van der Waals surface area contributed by atoms with Gasteiger partial charge in [0.2, 0.25) is 0 Å². The number of carbonyl (C=O) groups excluding carboxylic acids is 1. The van der Waals surface area contributed by atoms with E-state index in [0.717, 1.165) is 0 Å². The third-order valence-electron chi connectivity index (χ3n) is 4.51. The number of carbonyl (C=O) groups is 1. The molecular weight excluding hydrogens is 312 g/mol. The van der Waals surface area contributed by atoms with Crippen molar-refractivity contribution in [1.29, 1.82) is 0 Å². The molecular formula is C15H19F2NO3S. The fourth-order valence-electron chi connectivity index (χ4n) is 2.92. The van der Waals surface area contributed by atoms with Gasteiger partial charge in [-0.25, -0.2) is 0 Å². The van der Waals surface area contributed by atoms with Crippen LogP contribution in [0.2, 0.25) is 0 Å². The fourth-order valence-corrected chi connectivity index (χ4v) is 3.98. The number of alkyl halides is 2. The van der Waals surface area contributed by atoms with Gasteiger partial charge in [-0.1, -0.05) is 0 Å². The summed E-state index contributed by atoms with van der Waals surface area (Å²) in [5, 5.41) is 9.97. The maximum absolute atomic E-state index is 14.4. The molecule has 2 aliphatic rings. The zero-order valence-corrected chi connectivity index (χ0v) is 13.2. The highest BCUT2D eigenvalue weighted by molar-refractivity contribution is 7.99. The van der Waals surface area contributed by atoms with Crippen molar-refractivity contribution in [2.75, 3.05) is 18.1 Å². The quantitative estimate of drug-likeness (QED) is 0.925. The molecule has 1 atom stereocenters. The molecule has 2 heterocycles. The number of nitrogens with zero attached hydrogens (tertiary/aromatic N) is 1. The first kappa shape index (κ1) is 15.8. The molecule has 2 fully saturated rings. The average Bonchev–Trinajstić information content (AvgIpc) is 2.90. The second-order valence-electron chi connectivity index (χ2n) is 6.00. The predicted molar refractivity (Wildman–Crippen MR) is 79.0 cm³/mol. The summed E-state index contributed by atoms with van der Waals surface area (Å²) in [6, 6.07) is 2.98. The topological polar surface area (TPSA) is 53.7 Å². The highest BCUT2D eigenvalue weighted by atomic mass is 32.2. The average molecular weight is 331 g/mol. The summed E-state index contributed by atoms with van der Waals surface area (Å²) >= 11 is 1.60. The molecule has 1 aromatic rings. The Morgan fingerprint density at radius 3 is 2.77 bits per heavy atom. The minimum atomic E-state index is -3.74. The van der Waals surface area contributed by atoms with Crippen molar-refractivity contribution in [2.24, 2.45) is 0 Å². The van der Waals surface area contributed by atoms with Gasteiger partial charge in [-0.2, -0.15) is 20.5 Å². The van der Waals surface area contributed by atoms with Gasteiger partial charge < -0.3 is 14.4 Å². The Morgan fingerprint density at radius 2 is 2.23 bits per heavy atom. The van der Waals surface area contributed by atoms with Crippen molar-refractivity contribution >= 4 is 17.7 Å². The van der Waals surface area contributed by atoms with Crippen LogP contribution in [0.1, 0.15) is 36.8 Å². The molecule has 1 aliphatic carbocycles. The third kappa shape index (κ3) is 2.44. The summed E-state index contributed by atoms with van der Waals surface area (Å²) in [5.41, 5.74) is -2.18. The lowest BCUT2D eigenvalue weighted by atomic mass is 9.75. The highest BCUT2D eigenvalue weighted by Gasteiger charge is 2.63. The highest BCUT2D eigenvalue weighted by Crippen LogP contribution is 2.46. The SMILES string of the molecule is Cc1ccc(C2CSCCN2C(=O)C(F)(F)C2(O)CCC2)o1. The van der Waals surface area contributed by atoms with Crippen molar-refractivity contribution in [3.8, 4) is 0 Å². The molecule has 1 aliphatic heterocycles. The van der Waals surface area contributed by atoms with Gasteiger partial charge in [0.1, 0.15) is 17.1 Å². The number of hydrogen-bond donors (Lipinski definition) is 1. The third-order valence-corrected chi connectivity index (χ3v) is 5.54. The van der Waals surface area contributed by atoms with Gasteiger partial charge in [-0.15, -0.1) is 0 Å². The summed E-state index contributed by atoms with van der Waals surface area (Å²) in [6.07, 6.45) is 0.466. The normalized spacial score (nSPS) is 24.9. The van der Waals surface area contributed by atoms with E-state index in [9.17, 15) is 18.7 Å². The van der Waals surface area contributed by atoms with Gasteiger partial charge in [0, 0.05) is 18.1 Å². The van der Waals surface area contributed by atoms with Gasteiger partial charge >= 0.3 is 5.92 Å². The summed E-state index contributed by atoms with van der Waals surface area (Å²) < 4.78 is 34.4. The van der Waals surface area contributed by atoms with E-state index in [-0.39, 0.29) is 19.4 Å². The minimum Gasteiger partial charge on any atom is -0.464 e. The molecule has 1 unspecified atom stereocenters. The number of aryl methyl sites for hydroxylation is 1. The number of furan rings is 1. The largest absolute Gasteiger partial charge is 0.464 e. The molecule has 1 amide bonds. The summed E-state index contributed by atoms with van der Waals surface area (Å²) in [5.74, 6) is -2.69. The van der Waals surface area contributed by atoms with E-state index in [1.165, 1.54) is 4.90 Å². The molecule has 7 heteroatoms. The van der Waals surface area contributed by atoms with Gasteiger partial charge in [-0.05, 0) is 38.3 Å². The maximum atomic E-state index is 14.4. The lowest BCUT2D eigenvalue weighted by Gasteiger charge is -2.45. The fraction of sp³-hybridized carbons (Fsp3) is 0.667. The van der Waals surface area contributed by atoms with Crippen LogP contribution >= 0.6 is 11.8 Å². The number of amides is 1. The van der Waals surface area contributed by atoms with Crippen LogP contribution in [0.25, 0.3) is 0 Å². The van der Waals surface area contributed by atoms with E-state index in [1.807, 2.05) is 0 Å². The first-order chi connectivity index (χ1) is 10.3. The predicted octanol–water partition coefficient (Wildman–Crippen LogP) is 2.75. The molecule has 1 N–H and O–H groups in total. The number of thioether (sulfide) groups is 1. The summed E-state index contributed by atoms with van der Waals surface area (Å²) in [7, 11) is 0. The number of hydrogen-bond acceptors (Lipinski definition) is 4. The molecule has 122 valence electrons. The molecule has 0 spiro atoms. The van der Waals surface area contributed by atoms with Crippen molar-refractivity contribution in [3.05, 3.63) is 23.7 Å². The van der Waals surface area contributed by atoms with E-state index >= 15 is 0 Å². The van der Waals surface area contributed by atoms with Crippen LogP contribution in [-0.4, -0.2) is 45.5 Å². The second kappa shape index (κ2) is 5.53. The first-order valence-corrected chi connectivity index (χ1v) is 8.56. The van der Waals surface area contributed by atoms with Crippen LogP contribution in [0, 0.1) is 6.92 Å². The zero-order valence-electron chi connectivity index (χ0n) is 12.3. The second-order valence-corrected chi connectivity index (χ2v) is 7.15. The van der Waals surface area contributed by atoms with Crippen molar-refractivity contribution in [2.45, 2.75) is 43.8 Å². The number of rotatable bonds is 3. The van der Waals surface area contributed by atoms with Crippen LogP contribution in [0.5, 0.6) is 0 Å². The van der Waals surface area contributed by atoms with Gasteiger partial charge in [0.05, 0.1) is 6.04 Å². The molecule has 0 aromatic carbocycles. The van der Waals surface area contributed by atoms with Crippen LogP contribution in [-0.2, 0) is 4.79 Å². The van der Waals surface area contributed by atoms with E-state index in [2.05, 4.69) is 0 Å². The smallest absolute Gasteiger partial charge is 0.352 e. The Labute approximate surface area is 131 Å². The van der Waals surface area contributed by atoms with Crippen molar-refractivity contribution in [1.82, 2.24) is 4.90 Å². The number of halogens is 2.